The summed E-state index contributed by atoms with van der Waals surface area (Å²) in [6.07, 6.45) is 23.6. The third-order valence-electron chi connectivity index (χ3n) is 5.38. The highest BCUT2D eigenvalue weighted by atomic mass is 16.7. The molecule has 168 valence electrons. The monoisotopic (exact) mass is 398 g/mol. The average Bonchev–Trinajstić information content (AvgIpc) is 2.68. The largest absolute Gasteiger partial charge is 0.436 e. The van der Waals surface area contributed by atoms with Crippen LogP contribution < -0.4 is 0 Å². The maximum absolute atomic E-state index is 11.8. The fourth-order valence-corrected chi connectivity index (χ4v) is 3.52. The Balaban J connectivity index is 3.22. The predicted molar refractivity (Wildman–Crippen MR) is 121 cm³/mol. The Morgan fingerprint density at radius 2 is 1.00 bits per heavy atom. The normalized spacial score (nSPS) is 12.2. The van der Waals surface area contributed by atoms with Crippen LogP contribution in [0.15, 0.2) is 0 Å². The quantitative estimate of drug-likeness (QED) is 0.104. The van der Waals surface area contributed by atoms with Crippen LogP contribution in [0.3, 0.4) is 0 Å². The minimum atomic E-state index is -0.402. The Morgan fingerprint density at radius 1 is 0.607 bits per heavy atom. The van der Waals surface area contributed by atoms with Gasteiger partial charge in [-0.15, -0.1) is 0 Å². The van der Waals surface area contributed by atoms with E-state index in [0.717, 1.165) is 19.3 Å². The lowest BCUT2D eigenvalue weighted by molar-refractivity contribution is -0.175. The predicted octanol–water partition coefficient (Wildman–Crippen LogP) is 8.34. The molecule has 0 heterocycles. The second kappa shape index (κ2) is 22.7. The molecule has 28 heavy (non-hydrogen) atoms. The van der Waals surface area contributed by atoms with E-state index in [1.54, 1.807) is 0 Å². The molecule has 3 heteroatoms. The van der Waals surface area contributed by atoms with Gasteiger partial charge in [-0.1, -0.05) is 117 Å². The molecule has 0 radical (unpaired) electrons. The lowest BCUT2D eigenvalue weighted by Crippen LogP contribution is -2.18. The molecule has 0 amide bonds. The number of hydrogen-bond acceptors (Lipinski definition) is 3. The van der Waals surface area contributed by atoms with Crippen LogP contribution in [0.25, 0.3) is 0 Å². The van der Waals surface area contributed by atoms with Gasteiger partial charge < -0.3 is 9.47 Å². The first-order chi connectivity index (χ1) is 13.7. The Hall–Kier alpha value is -0.570. The number of rotatable bonds is 22. The summed E-state index contributed by atoms with van der Waals surface area (Å²) in [6.45, 7) is 6.94. The molecule has 0 aromatic carbocycles. The molecule has 3 nitrogen and oxygen atoms in total. The van der Waals surface area contributed by atoms with Gasteiger partial charge in [0.25, 0.3) is 0 Å². The molecule has 0 N–H and O–H groups in total. The molecule has 0 aliphatic rings. The van der Waals surface area contributed by atoms with Gasteiger partial charge in [-0.25, -0.2) is 0 Å². The fourth-order valence-electron chi connectivity index (χ4n) is 3.52. The number of esters is 1. The lowest BCUT2D eigenvalue weighted by atomic mass is 10.0. The van der Waals surface area contributed by atoms with Crippen LogP contribution in [-0.2, 0) is 14.3 Å². The van der Waals surface area contributed by atoms with Crippen LogP contribution >= 0.6 is 0 Å². The molecule has 0 aromatic rings. The van der Waals surface area contributed by atoms with Crippen LogP contribution in [0, 0.1) is 0 Å². The van der Waals surface area contributed by atoms with Crippen LogP contribution in [0.5, 0.6) is 0 Å². The number of ether oxygens (including phenoxy) is 2. The van der Waals surface area contributed by atoms with E-state index in [9.17, 15) is 4.79 Å². The number of carbonyl (C=O) groups excluding carboxylic acids is 1. The van der Waals surface area contributed by atoms with Crippen molar-refractivity contribution in [2.75, 3.05) is 6.61 Å². The first kappa shape index (κ1) is 27.4. The Labute approximate surface area is 176 Å². The molecule has 0 bridgehead atoms. The van der Waals surface area contributed by atoms with E-state index in [2.05, 4.69) is 13.8 Å². The molecule has 0 aliphatic carbocycles. The number of hydrogen-bond donors (Lipinski definition) is 0. The summed E-state index contributed by atoms with van der Waals surface area (Å²) in [7, 11) is 0. The minimum Gasteiger partial charge on any atom is -0.436 e. The van der Waals surface area contributed by atoms with Gasteiger partial charge in [-0.2, -0.15) is 0 Å². The van der Waals surface area contributed by atoms with Gasteiger partial charge in [0.05, 0.1) is 6.61 Å². The third-order valence-corrected chi connectivity index (χ3v) is 5.38. The van der Waals surface area contributed by atoms with Gasteiger partial charge in [0.15, 0.2) is 6.29 Å². The first-order valence-electron chi connectivity index (χ1n) is 12.5. The van der Waals surface area contributed by atoms with Gasteiger partial charge in [-0.05, 0) is 19.8 Å². The SMILES string of the molecule is CCCCCCCCCCCCCCCCCC(=O)OC(C)OCCCCC. The maximum atomic E-state index is 11.8. The van der Waals surface area contributed by atoms with Crippen molar-refractivity contribution in [2.24, 2.45) is 0 Å². The summed E-state index contributed by atoms with van der Waals surface area (Å²) in [5.41, 5.74) is 0. The highest BCUT2D eigenvalue weighted by molar-refractivity contribution is 5.69. The zero-order chi connectivity index (χ0) is 20.7. The van der Waals surface area contributed by atoms with Gasteiger partial charge >= 0.3 is 5.97 Å². The molecule has 0 rings (SSSR count). The lowest BCUT2D eigenvalue weighted by Gasteiger charge is -2.14. The Kier molecular flexibility index (Phi) is 22.3. The van der Waals surface area contributed by atoms with E-state index in [0.29, 0.717) is 13.0 Å². The summed E-state index contributed by atoms with van der Waals surface area (Å²) >= 11 is 0. The van der Waals surface area contributed by atoms with Gasteiger partial charge in [-0.3, -0.25) is 4.79 Å². The molecule has 1 unspecified atom stereocenters. The molecule has 0 saturated heterocycles. The second-order valence-electron chi connectivity index (χ2n) is 8.34. The van der Waals surface area contributed by atoms with Gasteiger partial charge in [0.1, 0.15) is 0 Å². The highest BCUT2D eigenvalue weighted by Gasteiger charge is 2.09. The number of carbonyl (C=O) groups is 1. The zero-order valence-corrected chi connectivity index (χ0v) is 19.4. The second-order valence-corrected chi connectivity index (χ2v) is 8.34. The molecule has 0 aromatic heterocycles. The molecular weight excluding hydrogens is 348 g/mol. The summed E-state index contributed by atoms with van der Waals surface area (Å²) in [6, 6.07) is 0. The van der Waals surface area contributed by atoms with Gasteiger partial charge in [0, 0.05) is 6.42 Å². The molecule has 1 atom stereocenters. The molecule has 0 fully saturated rings. The van der Waals surface area contributed by atoms with E-state index in [4.69, 9.17) is 9.47 Å². The maximum Gasteiger partial charge on any atom is 0.308 e. The fraction of sp³-hybridized carbons (Fsp3) is 0.960. The first-order valence-corrected chi connectivity index (χ1v) is 12.5. The molecule has 0 saturated carbocycles. The van der Waals surface area contributed by atoms with E-state index in [1.807, 2.05) is 6.92 Å². The standard InChI is InChI=1S/C25H50O3/c1-4-6-8-9-10-11-12-13-14-15-16-17-18-19-20-22-25(26)28-24(3)27-23-21-7-5-2/h24H,4-23H2,1-3H3. The van der Waals surface area contributed by atoms with Crippen LogP contribution in [0.1, 0.15) is 143 Å². The average molecular weight is 399 g/mol. The third kappa shape index (κ3) is 21.7. The van der Waals surface area contributed by atoms with Crippen LogP contribution in [-0.4, -0.2) is 18.9 Å². The van der Waals surface area contributed by atoms with E-state index >= 15 is 0 Å². The van der Waals surface area contributed by atoms with Crippen molar-refractivity contribution in [1.82, 2.24) is 0 Å². The van der Waals surface area contributed by atoms with Crippen LogP contribution in [0.4, 0.5) is 0 Å². The van der Waals surface area contributed by atoms with Crippen molar-refractivity contribution in [3.05, 3.63) is 0 Å². The Morgan fingerprint density at radius 3 is 1.46 bits per heavy atom. The molecule has 0 spiro atoms. The zero-order valence-electron chi connectivity index (χ0n) is 19.4. The van der Waals surface area contributed by atoms with Crippen molar-refractivity contribution in [3.63, 3.8) is 0 Å². The topological polar surface area (TPSA) is 35.5 Å². The van der Waals surface area contributed by atoms with Crippen molar-refractivity contribution < 1.29 is 14.3 Å². The highest BCUT2D eigenvalue weighted by Crippen LogP contribution is 2.14. The van der Waals surface area contributed by atoms with Crippen LogP contribution in [0.2, 0.25) is 0 Å². The van der Waals surface area contributed by atoms with Gasteiger partial charge in [0.2, 0.25) is 0 Å². The summed E-state index contributed by atoms with van der Waals surface area (Å²) in [4.78, 5) is 11.8. The number of unbranched alkanes of at least 4 members (excludes halogenated alkanes) is 16. The summed E-state index contributed by atoms with van der Waals surface area (Å²) < 4.78 is 10.8. The summed E-state index contributed by atoms with van der Waals surface area (Å²) in [5.74, 6) is -0.113. The van der Waals surface area contributed by atoms with Crippen molar-refractivity contribution in [2.45, 2.75) is 149 Å². The van der Waals surface area contributed by atoms with Crippen molar-refractivity contribution >= 4 is 5.97 Å². The smallest absolute Gasteiger partial charge is 0.308 e. The molecular formula is C25H50O3. The van der Waals surface area contributed by atoms with E-state index in [-0.39, 0.29) is 5.97 Å². The van der Waals surface area contributed by atoms with Crippen molar-refractivity contribution in [1.29, 1.82) is 0 Å². The van der Waals surface area contributed by atoms with E-state index < -0.39 is 6.29 Å². The summed E-state index contributed by atoms with van der Waals surface area (Å²) in [5, 5.41) is 0. The minimum absolute atomic E-state index is 0.113. The molecule has 0 aliphatic heterocycles. The Bertz CT molecular complexity index is 317. The van der Waals surface area contributed by atoms with Crippen molar-refractivity contribution in [3.8, 4) is 0 Å². The van der Waals surface area contributed by atoms with E-state index in [1.165, 1.54) is 96.3 Å².